The number of carbonyl (C=O) groups is 1. The van der Waals surface area contributed by atoms with Crippen LogP contribution in [0.25, 0.3) is 0 Å². The minimum Gasteiger partial charge on any atom is -0.490 e. The summed E-state index contributed by atoms with van der Waals surface area (Å²) in [5.41, 5.74) is 0.568. The molecule has 0 unspecified atom stereocenters. The summed E-state index contributed by atoms with van der Waals surface area (Å²) >= 11 is 6.48. The minimum atomic E-state index is 0. The predicted octanol–water partition coefficient (Wildman–Crippen LogP) is 4.94. The molecule has 1 fully saturated rings. The summed E-state index contributed by atoms with van der Waals surface area (Å²) in [6.45, 7) is 9.85. The highest BCUT2D eigenvalue weighted by atomic mass is 35.5. The van der Waals surface area contributed by atoms with Crippen molar-refractivity contribution in [2.24, 2.45) is 0 Å². The summed E-state index contributed by atoms with van der Waals surface area (Å²) < 4.78 is 11.6. The maximum Gasteiger partial charge on any atom is 0.254 e. The Balaban J connectivity index is 0.00000392. The maximum absolute atomic E-state index is 13.3. The first-order valence-electron chi connectivity index (χ1n) is 10.2. The molecule has 2 rings (SSSR count). The Bertz CT molecular complexity index is 608. The number of halogens is 2. The quantitative estimate of drug-likeness (QED) is 0.531. The standard InChI is InChI=1S/C21H33ClN2O3.ClH/c1-4-7-13-27-20-18(22)14-16(15-19(20)26-6-3)21(25)24(12-5-2)17-8-10-23-11-9-17;/h14-15,17,23H,4-13H2,1-3H3;1H. The summed E-state index contributed by atoms with van der Waals surface area (Å²) in [6, 6.07) is 3.77. The molecule has 1 aromatic carbocycles. The van der Waals surface area contributed by atoms with Crippen molar-refractivity contribution in [3.05, 3.63) is 22.7 Å². The van der Waals surface area contributed by atoms with Crippen LogP contribution in [0, 0.1) is 0 Å². The van der Waals surface area contributed by atoms with Crippen molar-refractivity contribution >= 4 is 29.9 Å². The van der Waals surface area contributed by atoms with Crippen LogP contribution < -0.4 is 14.8 Å². The lowest BCUT2D eigenvalue weighted by atomic mass is 10.0. The van der Waals surface area contributed by atoms with Crippen molar-refractivity contribution in [1.29, 1.82) is 0 Å². The number of nitrogens with one attached hydrogen (secondary N) is 1. The fourth-order valence-electron chi connectivity index (χ4n) is 3.39. The normalized spacial score (nSPS) is 14.3. The van der Waals surface area contributed by atoms with Gasteiger partial charge in [-0.1, -0.05) is 31.9 Å². The molecule has 160 valence electrons. The van der Waals surface area contributed by atoms with Crippen LogP contribution in [0.15, 0.2) is 12.1 Å². The molecule has 7 heteroatoms. The molecular weight excluding hydrogens is 399 g/mol. The molecule has 1 aliphatic heterocycles. The first-order chi connectivity index (χ1) is 13.1. The lowest BCUT2D eigenvalue weighted by molar-refractivity contribution is 0.0642. The number of carbonyl (C=O) groups excluding carboxylic acids is 1. The van der Waals surface area contributed by atoms with Gasteiger partial charge in [0.1, 0.15) is 0 Å². The molecule has 1 aliphatic rings. The van der Waals surface area contributed by atoms with Crippen LogP contribution in [-0.4, -0.2) is 49.7 Å². The van der Waals surface area contributed by atoms with Crippen molar-refractivity contribution in [2.75, 3.05) is 32.8 Å². The number of benzene rings is 1. The van der Waals surface area contributed by atoms with E-state index in [-0.39, 0.29) is 24.4 Å². The Hall–Kier alpha value is -1.17. The van der Waals surface area contributed by atoms with Crippen LogP contribution in [0.5, 0.6) is 11.5 Å². The number of rotatable bonds is 10. The zero-order chi connectivity index (χ0) is 19.6. The number of hydrogen-bond donors (Lipinski definition) is 1. The van der Waals surface area contributed by atoms with Gasteiger partial charge in [0.05, 0.1) is 18.2 Å². The minimum absolute atomic E-state index is 0. The summed E-state index contributed by atoms with van der Waals surface area (Å²) in [7, 11) is 0. The lowest BCUT2D eigenvalue weighted by Crippen LogP contribution is -2.46. The Morgan fingerprint density at radius 2 is 1.89 bits per heavy atom. The molecule has 0 radical (unpaired) electrons. The second-order valence-corrected chi connectivity index (χ2v) is 7.31. The van der Waals surface area contributed by atoms with E-state index in [0.29, 0.717) is 35.3 Å². The van der Waals surface area contributed by atoms with Gasteiger partial charge in [0, 0.05) is 18.2 Å². The largest absolute Gasteiger partial charge is 0.490 e. The third-order valence-corrected chi connectivity index (χ3v) is 5.06. The highest BCUT2D eigenvalue weighted by molar-refractivity contribution is 6.32. The lowest BCUT2D eigenvalue weighted by Gasteiger charge is -2.34. The Morgan fingerprint density at radius 3 is 2.50 bits per heavy atom. The molecular formula is C21H34Cl2N2O3. The highest BCUT2D eigenvalue weighted by Gasteiger charge is 2.27. The van der Waals surface area contributed by atoms with E-state index >= 15 is 0 Å². The van der Waals surface area contributed by atoms with Crippen LogP contribution in [0.4, 0.5) is 0 Å². The van der Waals surface area contributed by atoms with E-state index in [2.05, 4.69) is 19.2 Å². The summed E-state index contributed by atoms with van der Waals surface area (Å²) in [5, 5.41) is 3.79. The summed E-state index contributed by atoms with van der Waals surface area (Å²) in [5.74, 6) is 1.10. The molecule has 1 amide bonds. The van der Waals surface area contributed by atoms with Crippen LogP contribution >= 0.6 is 24.0 Å². The Morgan fingerprint density at radius 1 is 1.18 bits per heavy atom. The first kappa shape index (κ1) is 24.9. The average Bonchev–Trinajstić information content (AvgIpc) is 2.68. The van der Waals surface area contributed by atoms with Crippen LogP contribution in [0.1, 0.15) is 63.2 Å². The molecule has 0 bridgehead atoms. The van der Waals surface area contributed by atoms with E-state index in [9.17, 15) is 4.79 Å². The fourth-order valence-corrected chi connectivity index (χ4v) is 3.65. The van der Waals surface area contributed by atoms with Crippen LogP contribution in [0.3, 0.4) is 0 Å². The van der Waals surface area contributed by atoms with Gasteiger partial charge in [-0.05, 0) is 57.8 Å². The average molecular weight is 433 g/mol. The van der Waals surface area contributed by atoms with Gasteiger partial charge in [-0.2, -0.15) is 0 Å². The van der Waals surface area contributed by atoms with Gasteiger partial charge in [0.25, 0.3) is 5.91 Å². The molecule has 5 nitrogen and oxygen atoms in total. The number of ether oxygens (including phenoxy) is 2. The van der Waals surface area contributed by atoms with Crippen molar-refractivity contribution < 1.29 is 14.3 Å². The number of unbranched alkanes of at least 4 members (excludes halogenated alkanes) is 1. The van der Waals surface area contributed by atoms with Gasteiger partial charge in [0.2, 0.25) is 0 Å². The third kappa shape index (κ3) is 6.71. The molecule has 0 aromatic heterocycles. The van der Waals surface area contributed by atoms with Crippen molar-refractivity contribution in [3.63, 3.8) is 0 Å². The monoisotopic (exact) mass is 432 g/mol. The number of hydrogen-bond acceptors (Lipinski definition) is 4. The molecule has 1 saturated heterocycles. The highest BCUT2D eigenvalue weighted by Crippen LogP contribution is 2.37. The molecule has 28 heavy (non-hydrogen) atoms. The maximum atomic E-state index is 13.3. The third-order valence-electron chi connectivity index (χ3n) is 4.78. The molecule has 0 aliphatic carbocycles. The van der Waals surface area contributed by atoms with Crippen molar-refractivity contribution in [2.45, 2.75) is 58.9 Å². The van der Waals surface area contributed by atoms with Crippen LogP contribution in [0.2, 0.25) is 5.02 Å². The van der Waals surface area contributed by atoms with Gasteiger partial charge in [0.15, 0.2) is 11.5 Å². The summed E-state index contributed by atoms with van der Waals surface area (Å²) in [4.78, 5) is 15.3. The molecule has 0 saturated carbocycles. The zero-order valence-electron chi connectivity index (χ0n) is 17.3. The van der Waals surface area contributed by atoms with Crippen molar-refractivity contribution in [1.82, 2.24) is 10.2 Å². The topological polar surface area (TPSA) is 50.8 Å². The van der Waals surface area contributed by atoms with E-state index in [1.54, 1.807) is 12.1 Å². The number of nitrogens with zero attached hydrogens (tertiary/aromatic N) is 1. The van der Waals surface area contributed by atoms with Gasteiger partial charge >= 0.3 is 0 Å². The van der Waals surface area contributed by atoms with Gasteiger partial charge in [-0.15, -0.1) is 12.4 Å². The molecule has 0 spiro atoms. The smallest absolute Gasteiger partial charge is 0.254 e. The van der Waals surface area contributed by atoms with E-state index in [1.165, 1.54) is 0 Å². The number of amides is 1. The molecule has 1 heterocycles. The van der Waals surface area contributed by atoms with Gasteiger partial charge in [-0.3, -0.25) is 4.79 Å². The van der Waals surface area contributed by atoms with Crippen LogP contribution in [-0.2, 0) is 0 Å². The Kier molecular flexibility index (Phi) is 11.7. The predicted molar refractivity (Wildman–Crippen MR) is 117 cm³/mol. The molecule has 1 N–H and O–H groups in total. The van der Waals surface area contributed by atoms with E-state index in [1.807, 2.05) is 11.8 Å². The molecule has 0 atom stereocenters. The zero-order valence-corrected chi connectivity index (χ0v) is 18.8. The first-order valence-corrected chi connectivity index (χ1v) is 10.6. The fraction of sp³-hybridized carbons (Fsp3) is 0.667. The second kappa shape index (κ2) is 13.1. The van der Waals surface area contributed by atoms with E-state index < -0.39 is 0 Å². The van der Waals surface area contributed by atoms with E-state index in [0.717, 1.165) is 51.7 Å². The van der Waals surface area contributed by atoms with Gasteiger partial charge in [-0.25, -0.2) is 0 Å². The summed E-state index contributed by atoms with van der Waals surface area (Å²) in [6.07, 6.45) is 4.88. The SMILES string of the molecule is CCCCOc1c(Cl)cc(C(=O)N(CCC)C2CCNCC2)cc1OCC.Cl. The molecule has 1 aromatic rings. The second-order valence-electron chi connectivity index (χ2n) is 6.90. The number of piperidine rings is 1. The van der Waals surface area contributed by atoms with Crippen molar-refractivity contribution in [3.8, 4) is 11.5 Å². The Labute approximate surface area is 180 Å². The van der Waals surface area contributed by atoms with Gasteiger partial charge < -0.3 is 19.7 Å². The van der Waals surface area contributed by atoms with E-state index in [4.69, 9.17) is 21.1 Å².